The topological polar surface area (TPSA) is 124 Å². The zero-order valence-electron chi connectivity index (χ0n) is 7.99. The van der Waals surface area contributed by atoms with Crippen LogP contribution in [-0.2, 0) is 0 Å². The van der Waals surface area contributed by atoms with Gasteiger partial charge in [0.15, 0.2) is 0 Å². The van der Waals surface area contributed by atoms with Crippen LogP contribution in [-0.4, -0.2) is 17.2 Å². The van der Waals surface area contributed by atoms with Crippen molar-refractivity contribution in [3.8, 4) is 0 Å². The number of allylic oxidation sites excluding steroid dienone is 1. The van der Waals surface area contributed by atoms with Gasteiger partial charge in [-0.15, -0.1) is 0 Å². The molecule has 1 rings (SSSR count). The summed E-state index contributed by atoms with van der Waals surface area (Å²) in [5.41, 5.74) is 6.71. The van der Waals surface area contributed by atoms with Gasteiger partial charge in [0.25, 0.3) is 0 Å². The molecule has 0 fully saturated rings. The van der Waals surface area contributed by atoms with Crippen molar-refractivity contribution in [1.29, 1.82) is 0 Å². The van der Waals surface area contributed by atoms with Crippen LogP contribution in [0.1, 0.15) is 5.76 Å². The van der Waals surface area contributed by atoms with Crippen LogP contribution in [0.2, 0.25) is 0 Å². The van der Waals surface area contributed by atoms with Gasteiger partial charge in [-0.1, -0.05) is 0 Å². The minimum atomic E-state index is -0.779. The number of hydrazone groups is 1. The van der Waals surface area contributed by atoms with E-state index in [2.05, 4.69) is 5.10 Å². The van der Waals surface area contributed by atoms with Gasteiger partial charge in [-0.3, -0.25) is 10.1 Å². The maximum atomic E-state index is 10.3. The largest absolute Gasteiger partial charge is 0.433 e. The quantitative estimate of drug-likeness (QED) is 0.447. The molecule has 2 amide bonds. The molecule has 0 aliphatic heterocycles. The number of nitro groups is 1. The molecule has 8 nitrogen and oxygen atoms in total. The van der Waals surface area contributed by atoms with Gasteiger partial charge in [0.2, 0.25) is 0 Å². The van der Waals surface area contributed by atoms with Gasteiger partial charge in [0.1, 0.15) is 10.7 Å². The van der Waals surface area contributed by atoms with Gasteiger partial charge in [0, 0.05) is 6.21 Å². The summed E-state index contributed by atoms with van der Waals surface area (Å²) in [6.07, 6.45) is 4.12. The van der Waals surface area contributed by atoms with Crippen LogP contribution in [0.4, 0.5) is 10.7 Å². The molecule has 1 aromatic heterocycles. The number of hydrogen-bond donors (Lipinski definition) is 2. The monoisotopic (exact) mass is 224 g/mol. The van der Waals surface area contributed by atoms with Gasteiger partial charge in [-0.05, 0) is 18.2 Å². The van der Waals surface area contributed by atoms with Gasteiger partial charge < -0.3 is 10.2 Å². The lowest BCUT2D eigenvalue weighted by Crippen LogP contribution is -2.24. The lowest BCUT2D eigenvalue weighted by molar-refractivity contribution is -0.402. The van der Waals surface area contributed by atoms with E-state index in [1.165, 1.54) is 30.5 Å². The van der Waals surface area contributed by atoms with Crippen LogP contribution in [0.15, 0.2) is 27.7 Å². The predicted molar refractivity (Wildman–Crippen MR) is 55.6 cm³/mol. The first-order valence-electron chi connectivity index (χ1n) is 4.09. The number of rotatable bonds is 4. The highest BCUT2D eigenvalue weighted by atomic mass is 16.6. The van der Waals surface area contributed by atoms with E-state index in [1.54, 1.807) is 0 Å². The molecule has 0 radical (unpaired) electrons. The van der Waals surface area contributed by atoms with Crippen molar-refractivity contribution < 1.29 is 14.1 Å². The summed E-state index contributed by atoms with van der Waals surface area (Å²) in [7, 11) is 0. The molecule has 1 heterocycles. The molecular formula is C8H8N4O4. The first kappa shape index (κ1) is 11.4. The van der Waals surface area contributed by atoms with Crippen molar-refractivity contribution in [3.63, 3.8) is 0 Å². The fourth-order valence-electron chi connectivity index (χ4n) is 0.812. The van der Waals surface area contributed by atoms with E-state index in [9.17, 15) is 14.9 Å². The van der Waals surface area contributed by atoms with E-state index in [-0.39, 0.29) is 5.88 Å². The Morgan fingerprint density at radius 1 is 1.62 bits per heavy atom. The molecule has 0 saturated heterocycles. The zero-order chi connectivity index (χ0) is 12.0. The Morgan fingerprint density at radius 2 is 2.38 bits per heavy atom. The molecule has 0 spiro atoms. The van der Waals surface area contributed by atoms with Crippen LogP contribution < -0.4 is 11.2 Å². The first-order valence-corrected chi connectivity index (χ1v) is 4.09. The highest BCUT2D eigenvalue weighted by Gasteiger charge is 2.09. The Bertz CT molecular complexity index is 449. The second kappa shape index (κ2) is 5.29. The molecule has 0 aliphatic rings. The third-order valence-corrected chi connectivity index (χ3v) is 1.39. The normalized spacial score (nSPS) is 11.0. The Kier molecular flexibility index (Phi) is 3.78. The molecule has 16 heavy (non-hydrogen) atoms. The molecular weight excluding hydrogens is 216 g/mol. The van der Waals surface area contributed by atoms with E-state index in [4.69, 9.17) is 10.2 Å². The van der Waals surface area contributed by atoms with E-state index in [0.29, 0.717) is 5.76 Å². The first-order chi connectivity index (χ1) is 7.59. The number of urea groups is 1. The van der Waals surface area contributed by atoms with Gasteiger partial charge in [-0.2, -0.15) is 5.10 Å². The van der Waals surface area contributed by atoms with Gasteiger partial charge >= 0.3 is 11.9 Å². The molecule has 0 bridgehead atoms. The highest BCUT2D eigenvalue weighted by Crippen LogP contribution is 2.16. The second-order valence-corrected chi connectivity index (χ2v) is 2.55. The maximum absolute atomic E-state index is 10.3. The van der Waals surface area contributed by atoms with Crippen molar-refractivity contribution in [2.75, 3.05) is 0 Å². The van der Waals surface area contributed by atoms with Crippen molar-refractivity contribution in [3.05, 3.63) is 34.1 Å². The number of amides is 2. The summed E-state index contributed by atoms with van der Waals surface area (Å²) in [6, 6.07) is 1.89. The summed E-state index contributed by atoms with van der Waals surface area (Å²) in [5, 5.41) is 13.7. The zero-order valence-corrected chi connectivity index (χ0v) is 7.99. The number of primary amides is 1. The summed E-state index contributed by atoms with van der Waals surface area (Å²) >= 11 is 0. The minimum absolute atomic E-state index is 0.303. The number of carbonyl (C=O) groups excluding carboxylic acids is 1. The van der Waals surface area contributed by atoms with Gasteiger partial charge in [0.05, 0.1) is 6.07 Å². The fraction of sp³-hybridized carbons (Fsp3) is 0. The molecule has 8 heteroatoms. The lowest BCUT2D eigenvalue weighted by Gasteiger charge is -1.86. The van der Waals surface area contributed by atoms with Crippen LogP contribution in [0, 0.1) is 10.1 Å². The van der Waals surface area contributed by atoms with Crippen molar-refractivity contribution >= 4 is 24.2 Å². The predicted octanol–water partition coefficient (Wildman–Crippen LogP) is 0.855. The van der Waals surface area contributed by atoms with Crippen molar-refractivity contribution in [2.24, 2.45) is 10.8 Å². The average Bonchev–Trinajstić information content (AvgIpc) is 2.65. The van der Waals surface area contributed by atoms with Gasteiger partial charge in [-0.25, -0.2) is 10.2 Å². The SMILES string of the molecule is NC(=O)N/N=C/C=C\c1ccc([N+](=O)[O-])o1. The Balaban J connectivity index is 2.53. The number of hydrogen-bond acceptors (Lipinski definition) is 5. The van der Waals surface area contributed by atoms with E-state index < -0.39 is 11.0 Å². The second-order valence-electron chi connectivity index (χ2n) is 2.55. The number of nitrogens with two attached hydrogens (primary N) is 1. The van der Waals surface area contributed by atoms with E-state index in [1.807, 2.05) is 5.43 Å². The third-order valence-electron chi connectivity index (χ3n) is 1.39. The Hall–Kier alpha value is -2.64. The van der Waals surface area contributed by atoms with Crippen LogP contribution in [0.3, 0.4) is 0 Å². The minimum Gasteiger partial charge on any atom is -0.401 e. The molecule has 0 atom stereocenters. The standard InChI is InChI=1S/C8H8N4O4/c9-8(13)11-10-5-1-2-6-3-4-7(16-6)12(14)15/h1-5H,(H3,9,11,13)/b2-1-,10-5+. The molecule has 3 N–H and O–H groups in total. The molecule has 0 aliphatic carbocycles. The molecule has 84 valence electrons. The maximum Gasteiger partial charge on any atom is 0.433 e. The molecule has 0 aromatic carbocycles. The fourth-order valence-corrected chi connectivity index (χ4v) is 0.812. The highest BCUT2D eigenvalue weighted by molar-refractivity contribution is 5.79. The number of nitrogens with one attached hydrogen (secondary N) is 1. The van der Waals surface area contributed by atoms with Crippen LogP contribution >= 0.6 is 0 Å². The smallest absolute Gasteiger partial charge is 0.401 e. The summed E-state index contributed by atoms with van der Waals surface area (Å²) in [5.74, 6) is -0.0379. The molecule has 0 unspecified atom stereocenters. The van der Waals surface area contributed by atoms with Crippen molar-refractivity contribution in [1.82, 2.24) is 5.43 Å². The van der Waals surface area contributed by atoms with Crippen molar-refractivity contribution in [2.45, 2.75) is 0 Å². The molecule has 0 saturated carbocycles. The lowest BCUT2D eigenvalue weighted by atomic mass is 10.4. The number of furan rings is 1. The Morgan fingerprint density at radius 3 is 2.94 bits per heavy atom. The Labute approximate surface area is 89.6 Å². The van der Waals surface area contributed by atoms with E-state index >= 15 is 0 Å². The number of carbonyl (C=O) groups is 1. The van der Waals surface area contributed by atoms with E-state index in [0.717, 1.165) is 0 Å². The van der Waals surface area contributed by atoms with Crippen LogP contribution in [0.5, 0.6) is 0 Å². The average molecular weight is 224 g/mol. The third kappa shape index (κ3) is 3.62. The summed E-state index contributed by atoms with van der Waals surface area (Å²) < 4.78 is 4.81. The number of nitrogens with zero attached hydrogens (tertiary/aromatic N) is 2. The van der Waals surface area contributed by atoms with Crippen LogP contribution in [0.25, 0.3) is 6.08 Å². The summed E-state index contributed by atoms with van der Waals surface area (Å²) in [4.78, 5) is 19.8. The summed E-state index contributed by atoms with van der Waals surface area (Å²) in [6.45, 7) is 0. The molecule has 1 aromatic rings.